The maximum absolute atomic E-state index is 13.7. The molecule has 4 rings (SSSR count). The Kier molecular flexibility index (Phi) is 6.23. The van der Waals surface area contributed by atoms with Gasteiger partial charge in [0.15, 0.2) is 11.4 Å². The minimum absolute atomic E-state index is 0. The first-order valence-electron chi connectivity index (χ1n) is 10.5. The molecule has 0 aromatic heterocycles. The van der Waals surface area contributed by atoms with Crippen LogP contribution in [0.15, 0.2) is 29.0 Å². The van der Waals surface area contributed by atoms with E-state index >= 15 is 0 Å². The molecule has 6 N–H and O–H groups in total. The Hall–Kier alpha value is -3.08. The number of halogens is 1. The van der Waals surface area contributed by atoms with E-state index in [1.807, 2.05) is 19.0 Å². The third kappa shape index (κ3) is 3.20. The van der Waals surface area contributed by atoms with E-state index in [4.69, 9.17) is 5.73 Å². The number of carbonyl (C=O) groups excluding carboxylic acids is 3. The zero-order chi connectivity index (χ0) is 24.6. The summed E-state index contributed by atoms with van der Waals surface area (Å²) < 4.78 is 0. The van der Waals surface area contributed by atoms with Crippen LogP contribution in [-0.2, 0) is 20.8 Å². The Morgan fingerprint density at radius 1 is 1.12 bits per heavy atom. The van der Waals surface area contributed by atoms with Crippen LogP contribution in [0.1, 0.15) is 17.5 Å². The van der Waals surface area contributed by atoms with Crippen LogP contribution in [0.2, 0.25) is 0 Å². The molecule has 1 saturated carbocycles. The average Bonchev–Trinajstić information content (AvgIpc) is 2.70. The van der Waals surface area contributed by atoms with Crippen molar-refractivity contribution in [2.75, 3.05) is 33.1 Å². The molecule has 34 heavy (non-hydrogen) atoms. The number of nitrogens with two attached hydrogens (primary N) is 1. The van der Waals surface area contributed by atoms with Gasteiger partial charge in [-0.25, -0.2) is 0 Å². The average molecular weight is 494 g/mol. The minimum Gasteiger partial charge on any atom is -0.508 e. The number of ketones is 2. The lowest BCUT2D eigenvalue weighted by molar-refractivity contribution is -0.153. The first-order valence-corrected chi connectivity index (χ1v) is 10.5. The summed E-state index contributed by atoms with van der Waals surface area (Å²) in [6, 6.07) is 2.01. The van der Waals surface area contributed by atoms with Crippen molar-refractivity contribution in [1.82, 2.24) is 4.90 Å². The number of hydrogen-bond donors (Lipinski definition) is 5. The molecule has 10 nitrogen and oxygen atoms in total. The molecule has 0 heterocycles. The maximum atomic E-state index is 13.7. The van der Waals surface area contributed by atoms with Crippen molar-refractivity contribution in [3.63, 3.8) is 0 Å². The van der Waals surface area contributed by atoms with Gasteiger partial charge in [0.05, 0.1) is 11.6 Å². The Morgan fingerprint density at radius 2 is 1.74 bits per heavy atom. The molecule has 1 amide bonds. The topological polar surface area (TPSA) is 165 Å². The number of aliphatic hydroxyl groups excluding tert-OH is 2. The number of benzene rings is 1. The lowest BCUT2D eigenvalue weighted by Gasteiger charge is -2.50. The number of aromatic hydroxyl groups is 1. The SMILES string of the molecule is CN(C)c1ccc(O)c2c1C[C@H]1C[C@H]3[C@H](N(C)C)C(=O)C(C(N)=O)=C(O)[C@]3(O)C(=O)C1=C2O.Cl. The van der Waals surface area contributed by atoms with Gasteiger partial charge in [0.2, 0.25) is 5.78 Å². The number of phenols is 1. The highest BCUT2D eigenvalue weighted by molar-refractivity contribution is 6.24. The lowest BCUT2D eigenvalue weighted by Crippen LogP contribution is -2.65. The molecule has 1 fully saturated rings. The molecule has 0 aliphatic heterocycles. The fourth-order valence-electron chi connectivity index (χ4n) is 5.65. The van der Waals surface area contributed by atoms with Gasteiger partial charge in [-0.15, -0.1) is 12.4 Å². The van der Waals surface area contributed by atoms with Crippen molar-refractivity contribution >= 4 is 41.3 Å². The molecule has 0 unspecified atom stereocenters. The molecule has 0 spiro atoms. The summed E-state index contributed by atoms with van der Waals surface area (Å²) in [5.74, 6) is -6.54. The molecule has 1 aromatic carbocycles. The lowest BCUT2D eigenvalue weighted by atomic mass is 9.57. The van der Waals surface area contributed by atoms with Crippen molar-refractivity contribution < 1.29 is 34.8 Å². The van der Waals surface area contributed by atoms with E-state index in [9.17, 15) is 34.8 Å². The Morgan fingerprint density at radius 3 is 2.26 bits per heavy atom. The van der Waals surface area contributed by atoms with Gasteiger partial charge >= 0.3 is 0 Å². The van der Waals surface area contributed by atoms with E-state index in [0.29, 0.717) is 5.56 Å². The first kappa shape index (κ1) is 25.5. The third-order valence-corrected chi connectivity index (χ3v) is 7.06. The van der Waals surface area contributed by atoms with Crippen LogP contribution in [0.3, 0.4) is 0 Å². The normalized spacial score (nSPS) is 28.2. The smallest absolute Gasteiger partial charge is 0.255 e. The van der Waals surface area contributed by atoms with Crippen molar-refractivity contribution in [3.8, 4) is 5.75 Å². The number of carbonyl (C=O) groups is 3. The number of nitrogens with zero attached hydrogens (tertiary/aromatic N) is 2. The predicted molar refractivity (Wildman–Crippen MR) is 126 cm³/mol. The van der Waals surface area contributed by atoms with Gasteiger partial charge in [0, 0.05) is 31.3 Å². The van der Waals surface area contributed by atoms with E-state index < -0.39 is 58.0 Å². The number of hydrogen-bond acceptors (Lipinski definition) is 9. The standard InChI is InChI=1S/C23H27N3O7.ClH/c1-25(2)12-5-6-13(27)15-10(12)7-9-8-11-17(26(3)4)19(29)16(22(24)32)21(31)23(11,33)20(30)14(9)18(15)28;/h5-6,9,11,17,27-28,31,33H,7-8H2,1-4H3,(H2,24,32);1H/t9-,11-,17-,23+;/m0./s1. The van der Waals surface area contributed by atoms with Crippen LogP contribution in [0.25, 0.3) is 5.76 Å². The minimum atomic E-state index is -2.63. The summed E-state index contributed by atoms with van der Waals surface area (Å²) in [6.45, 7) is 0. The highest BCUT2D eigenvalue weighted by Crippen LogP contribution is 2.53. The second-order valence-corrected chi connectivity index (χ2v) is 9.31. The number of rotatable bonds is 3. The second kappa shape index (κ2) is 8.30. The number of fused-ring (bicyclic) bond motifs is 3. The van der Waals surface area contributed by atoms with Crippen molar-refractivity contribution in [3.05, 3.63) is 40.2 Å². The molecule has 4 atom stereocenters. The van der Waals surface area contributed by atoms with Gasteiger partial charge in [-0.1, -0.05) is 0 Å². The zero-order valence-electron chi connectivity index (χ0n) is 19.2. The molecular formula is C23H28ClN3O7. The summed E-state index contributed by atoms with van der Waals surface area (Å²) in [5, 5.41) is 43.9. The van der Waals surface area contributed by atoms with Crippen LogP contribution in [-0.4, -0.2) is 82.6 Å². The molecule has 11 heteroatoms. The fraction of sp³-hybridized carbons (Fsp3) is 0.435. The number of aliphatic hydroxyl groups is 3. The maximum Gasteiger partial charge on any atom is 0.255 e. The van der Waals surface area contributed by atoms with Crippen LogP contribution >= 0.6 is 12.4 Å². The van der Waals surface area contributed by atoms with E-state index in [-0.39, 0.29) is 42.1 Å². The molecule has 184 valence electrons. The Labute approximate surface area is 202 Å². The van der Waals surface area contributed by atoms with Gasteiger partial charge in [0.25, 0.3) is 5.91 Å². The number of likely N-dealkylation sites (N-methyl/N-ethyl adjacent to an activating group) is 1. The van der Waals surface area contributed by atoms with Gasteiger partial charge in [0.1, 0.15) is 22.8 Å². The van der Waals surface area contributed by atoms with Crippen LogP contribution in [0.4, 0.5) is 5.69 Å². The number of Topliss-reactive ketones (excluding diaryl/α,β-unsaturated/α-hetero) is 2. The second-order valence-electron chi connectivity index (χ2n) is 9.31. The Balaban J connectivity index is 0.00000324. The first-order chi connectivity index (χ1) is 15.3. The van der Waals surface area contributed by atoms with Crippen LogP contribution < -0.4 is 10.6 Å². The largest absolute Gasteiger partial charge is 0.508 e. The van der Waals surface area contributed by atoms with Crippen LogP contribution in [0.5, 0.6) is 5.75 Å². The summed E-state index contributed by atoms with van der Waals surface area (Å²) in [7, 11) is 6.75. The predicted octanol–water partition coefficient (Wildman–Crippen LogP) is 0.452. The molecule has 3 aliphatic rings. The van der Waals surface area contributed by atoms with E-state index in [1.54, 1.807) is 20.2 Å². The highest BCUT2D eigenvalue weighted by atomic mass is 35.5. The quantitative estimate of drug-likeness (QED) is 0.376. The fourth-order valence-corrected chi connectivity index (χ4v) is 5.65. The summed E-state index contributed by atoms with van der Waals surface area (Å²) in [5.41, 5.74) is 3.15. The van der Waals surface area contributed by atoms with Crippen LogP contribution in [0, 0.1) is 11.8 Å². The summed E-state index contributed by atoms with van der Waals surface area (Å²) in [4.78, 5) is 42.0. The highest BCUT2D eigenvalue weighted by Gasteiger charge is 2.64. The molecule has 3 aliphatic carbocycles. The molecular weight excluding hydrogens is 466 g/mol. The summed E-state index contributed by atoms with van der Waals surface area (Å²) >= 11 is 0. The number of phenolic OH excluding ortho intramolecular Hbond substituents is 1. The number of anilines is 1. The molecule has 1 aromatic rings. The molecule has 0 radical (unpaired) electrons. The van der Waals surface area contributed by atoms with Crippen molar-refractivity contribution in [1.29, 1.82) is 0 Å². The monoisotopic (exact) mass is 493 g/mol. The Bertz CT molecular complexity index is 1170. The van der Waals surface area contributed by atoms with Gasteiger partial charge in [-0.2, -0.15) is 0 Å². The van der Waals surface area contributed by atoms with E-state index in [0.717, 1.165) is 5.69 Å². The molecule has 0 bridgehead atoms. The zero-order valence-corrected chi connectivity index (χ0v) is 20.0. The number of primary amides is 1. The van der Waals surface area contributed by atoms with Crippen molar-refractivity contribution in [2.45, 2.75) is 24.5 Å². The van der Waals surface area contributed by atoms with Crippen molar-refractivity contribution in [2.24, 2.45) is 17.6 Å². The summed E-state index contributed by atoms with van der Waals surface area (Å²) in [6.07, 6.45) is 0.324. The molecule has 0 saturated heterocycles. The van der Waals surface area contributed by atoms with Gasteiger partial charge in [-0.3, -0.25) is 19.3 Å². The van der Waals surface area contributed by atoms with Gasteiger partial charge in [-0.05, 0) is 50.6 Å². The number of amides is 1. The van der Waals surface area contributed by atoms with E-state index in [2.05, 4.69) is 0 Å². The third-order valence-electron chi connectivity index (χ3n) is 7.06. The van der Waals surface area contributed by atoms with Gasteiger partial charge < -0.3 is 31.1 Å². The van der Waals surface area contributed by atoms with E-state index in [1.165, 1.54) is 11.0 Å².